The highest BCUT2D eigenvalue weighted by atomic mass is 35.5. The highest BCUT2D eigenvalue weighted by Gasteiger charge is 1.88. The lowest BCUT2D eigenvalue weighted by Crippen LogP contribution is -1.97. The normalized spacial score (nSPS) is 8.69. The molecule has 0 aromatic carbocycles. The minimum absolute atomic E-state index is 0. The molecule has 0 amide bonds. The van der Waals surface area contributed by atoms with Crippen molar-refractivity contribution < 1.29 is 0 Å². The summed E-state index contributed by atoms with van der Waals surface area (Å²) in [5.74, 6) is 0. The molecular formula is C8H19ClN4. The van der Waals surface area contributed by atoms with Crippen molar-refractivity contribution in [1.29, 1.82) is 0 Å². The molecule has 0 aliphatic carbocycles. The number of hydrogen-bond donors (Lipinski definition) is 1. The lowest BCUT2D eigenvalue weighted by Gasteiger charge is -1.97. The van der Waals surface area contributed by atoms with Crippen LogP contribution in [0.25, 0.3) is 10.4 Å². The molecule has 0 fully saturated rings. The van der Waals surface area contributed by atoms with E-state index in [1.165, 1.54) is 25.7 Å². The van der Waals surface area contributed by atoms with E-state index < -0.39 is 0 Å². The Morgan fingerprint density at radius 3 is 2.08 bits per heavy atom. The van der Waals surface area contributed by atoms with E-state index in [1.807, 2.05) is 0 Å². The summed E-state index contributed by atoms with van der Waals surface area (Å²) < 4.78 is 0. The summed E-state index contributed by atoms with van der Waals surface area (Å²) in [5.41, 5.74) is 13.3. The van der Waals surface area contributed by atoms with Gasteiger partial charge in [-0.15, -0.1) is 12.4 Å². The predicted octanol–water partition coefficient (Wildman–Crippen LogP) is 3.02. The van der Waals surface area contributed by atoms with Crippen LogP contribution in [-0.4, -0.2) is 13.1 Å². The van der Waals surface area contributed by atoms with Gasteiger partial charge in [0, 0.05) is 11.5 Å². The summed E-state index contributed by atoms with van der Waals surface area (Å²) in [5, 5.41) is 3.47. The summed E-state index contributed by atoms with van der Waals surface area (Å²) in [7, 11) is 0. The van der Waals surface area contributed by atoms with E-state index in [-0.39, 0.29) is 12.4 Å². The van der Waals surface area contributed by atoms with E-state index in [0.29, 0.717) is 6.54 Å². The van der Waals surface area contributed by atoms with Crippen molar-refractivity contribution in [2.45, 2.75) is 38.5 Å². The van der Waals surface area contributed by atoms with Gasteiger partial charge in [-0.05, 0) is 24.9 Å². The molecule has 0 spiro atoms. The van der Waals surface area contributed by atoms with Crippen LogP contribution in [0.3, 0.4) is 0 Å². The second-order valence-corrected chi connectivity index (χ2v) is 2.86. The number of nitrogens with zero attached hydrogens (tertiary/aromatic N) is 3. The van der Waals surface area contributed by atoms with Crippen LogP contribution in [0.15, 0.2) is 5.11 Å². The summed E-state index contributed by atoms with van der Waals surface area (Å²) in [4.78, 5) is 2.69. The molecule has 13 heavy (non-hydrogen) atoms. The third-order valence-electron chi connectivity index (χ3n) is 1.78. The van der Waals surface area contributed by atoms with Crippen LogP contribution in [0.1, 0.15) is 38.5 Å². The van der Waals surface area contributed by atoms with Crippen molar-refractivity contribution in [1.82, 2.24) is 0 Å². The SMILES string of the molecule is Cl.[N-]=[N+]=NCCCCCCCCN. The molecule has 0 aromatic heterocycles. The number of rotatable bonds is 8. The standard InChI is InChI=1S/C8H18N4.ClH/c9-7-5-3-1-2-4-6-8-11-12-10;/h1-9H2;1H. The Balaban J connectivity index is 0. The zero-order valence-corrected chi connectivity index (χ0v) is 8.80. The lowest BCUT2D eigenvalue weighted by molar-refractivity contribution is 0.601. The molecular weight excluding hydrogens is 188 g/mol. The van der Waals surface area contributed by atoms with Gasteiger partial charge in [0.2, 0.25) is 0 Å². The monoisotopic (exact) mass is 206 g/mol. The largest absolute Gasteiger partial charge is 0.330 e. The first-order chi connectivity index (χ1) is 5.91. The van der Waals surface area contributed by atoms with Gasteiger partial charge in [-0.25, -0.2) is 0 Å². The Morgan fingerprint density at radius 2 is 1.54 bits per heavy atom. The Morgan fingerprint density at radius 1 is 1.00 bits per heavy atom. The molecule has 0 atom stereocenters. The molecule has 0 aromatic rings. The van der Waals surface area contributed by atoms with E-state index in [2.05, 4.69) is 10.0 Å². The van der Waals surface area contributed by atoms with Crippen LogP contribution in [0.2, 0.25) is 0 Å². The smallest absolute Gasteiger partial charge is 0.0257 e. The quantitative estimate of drug-likeness (QED) is 0.282. The van der Waals surface area contributed by atoms with Crippen molar-refractivity contribution in [3.8, 4) is 0 Å². The highest BCUT2D eigenvalue weighted by Crippen LogP contribution is 2.04. The van der Waals surface area contributed by atoms with Gasteiger partial charge in [0.25, 0.3) is 0 Å². The van der Waals surface area contributed by atoms with Gasteiger partial charge in [-0.1, -0.05) is 30.8 Å². The summed E-state index contributed by atoms with van der Waals surface area (Å²) >= 11 is 0. The molecule has 0 unspecified atom stereocenters. The molecule has 0 radical (unpaired) electrons. The van der Waals surface area contributed by atoms with E-state index >= 15 is 0 Å². The van der Waals surface area contributed by atoms with Crippen LogP contribution in [0, 0.1) is 0 Å². The molecule has 0 saturated carbocycles. The van der Waals surface area contributed by atoms with Crippen molar-refractivity contribution in [2.75, 3.05) is 13.1 Å². The van der Waals surface area contributed by atoms with Crippen LogP contribution >= 0.6 is 12.4 Å². The van der Waals surface area contributed by atoms with Crippen molar-refractivity contribution >= 4 is 12.4 Å². The molecule has 0 bridgehead atoms. The van der Waals surface area contributed by atoms with E-state index in [4.69, 9.17) is 11.3 Å². The molecule has 0 aliphatic heterocycles. The van der Waals surface area contributed by atoms with Crippen molar-refractivity contribution in [3.05, 3.63) is 10.4 Å². The summed E-state index contributed by atoms with van der Waals surface area (Å²) in [6, 6.07) is 0. The number of nitrogens with two attached hydrogens (primary N) is 1. The Labute approximate surface area is 85.9 Å². The van der Waals surface area contributed by atoms with Crippen molar-refractivity contribution in [2.24, 2.45) is 10.8 Å². The molecule has 4 nitrogen and oxygen atoms in total. The van der Waals surface area contributed by atoms with Gasteiger partial charge in [-0.2, -0.15) is 0 Å². The minimum atomic E-state index is 0. The number of halogens is 1. The van der Waals surface area contributed by atoms with Gasteiger partial charge in [0.1, 0.15) is 0 Å². The van der Waals surface area contributed by atoms with Gasteiger partial charge in [0.05, 0.1) is 0 Å². The van der Waals surface area contributed by atoms with Gasteiger partial charge in [-0.3, -0.25) is 0 Å². The van der Waals surface area contributed by atoms with E-state index in [9.17, 15) is 0 Å². The third-order valence-corrected chi connectivity index (χ3v) is 1.78. The molecule has 0 rings (SSSR count). The second kappa shape index (κ2) is 14.1. The first-order valence-corrected chi connectivity index (χ1v) is 4.62. The summed E-state index contributed by atoms with van der Waals surface area (Å²) in [6.07, 6.45) is 7.05. The minimum Gasteiger partial charge on any atom is -0.330 e. The summed E-state index contributed by atoms with van der Waals surface area (Å²) in [6.45, 7) is 1.45. The maximum atomic E-state index is 7.98. The third kappa shape index (κ3) is 14.4. The Hall–Kier alpha value is -0.440. The van der Waals surface area contributed by atoms with Gasteiger partial charge < -0.3 is 5.73 Å². The highest BCUT2D eigenvalue weighted by molar-refractivity contribution is 5.85. The zero-order valence-electron chi connectivity index (χ0n) is 7.98. The topological polar surface area (TPSA) is 74.8 Å². The first kappa shape index (κ1) is 15.1. The Bertz CT molecular complexity index is 134. The molecule has 78 valence electrons. The fourth-order valence-corrected chi connectivity index (χ4v) is 1.08. The fraction of sp³-hybridized carbons (Fsp3) is 1.00. The molecule has 0 saturated heterocycles. The van der Waals surface area contributed by atoms with E-state index in [0.717, 1.165) is 19.4 Å². The van der Waals surface area contributed by atoms with Crippen molar-refractivity contribution in [3.63, 3.8) is 0 Å². The molecule has 0 heterocycles. The molecule has 5 heteroatoms. The first-order valence-electron chi connectivity index (χ1n) is 4.62. The number of hydrogen-bond acceptors (Lipinski definition) is 2. The van der Waals surface area contributed by atoms with Gasteiger partial charge in [0.15, 0.2) is 0 Å². The number of unbranched alkanes of at least 4 members (excludes halogenated alkanes) is 5. The lowest BCUT2D eigenvalue weighted by atomic mass is 10.1. The fourth-order valence-electron chi connectivity index (χ4n) is 1.08. The zero-order chi connectivity index (χ0) is 9.07. The second-order valence-electron chi connectivity index (χ2n) is 2.86. The van der Waals surface area contributed by atoms with Crippen LogP contribution in [-0.2, 0) is 0 Å². The van der Waals surface area contributed by atoms with Crippen LogP contribution in [0.5, 0.6) is 0 Å². The average Bonchev–Trinajstić information content (AvgIpc) is 2.10. The molecule has 2 N–H and O–H groups in total. The number of azide groups is 1. The molecule has 0 aliphatic rings. The Kier molecular flexibility index (Phi) is 16.3. The van der Waals surface area contributed by atoms with Crippen LogP contribution in [0.4, 0.5) is 0 Å². The maximum Gasteiger partial charge on any atom is 0.0257 e. The van der Waals surface area contributed by atoms with E-state index in [1.54, 1.807) is 0 Å². The maximum absolute atomic E-state index is 7.98. The predicted molar refractivity (Wildman–Crippen MR) is 58.0 cm³/mol. The van der Waals surface area contributed by atoms with Gasteiger partial charge >= 0.3 is 0 Å². The van der Waals surface area contributed by atoms with Crippen LogP contribution < -0.4 is 5.73 Å². The average molecular weight is 207 g/mol.